The fraction of sp³-hybridized carbons (Fsp3) is 0. The average Bonchev–Trinajstić information content (AvgIpc) is 3.25. The fourth-order valence-electron chi connectivity index (χ4n) is 2.27. The van der Waals surface area contributed by atoms with Crippen molar-refractivity contribution in [2.45, 2.75) is 0 Å². The minimum Gasteiger partial charge on any atom is -0.402 e. The Labute approximate surface area is 135 Å². The van der Waals surface area contributed by atoms with Gasteiger partial charge < -0.3 is 4.42 Å². The first kappa shape index (κ1) is 13.7. The van der Waals surface area contributed by atoms with E-state index < -0.39 is 0 Å². The van der Waals surface area contributed by atoms with E-state index in [1.165, 1.54) is 11.3 Å². The van der Waals surface area contributed by atoms with E-state index in [1.54, 1.807) is 6.07 Å². The van der Waals surface area contributed by atoms with E-state index in [0.29, 0.717) is 11.5 Å². The molecule has 6 heteroatoms. The van der Waals surface area contributed by atoms with Crippen molar-refractivity contribution >= 4 is 34.0 Å². The van der Waals surface area contributed by atoms with Crippen LogP contribution in [0.2, 0.25) is 0 Å². The standard InChI is InChI=1S/C17H11N3O2S/c21-15(13-8-7-11-4-1-2-5-12(11)10-13)18-17-20-19-16(22-17)14-6-3-9-23-14/h1-10H,(H,18,20,21). The Bertz CT molecular complexity index is 976. The third-order valence-electron chi connectivity index (χ3n) is 3.39. The molecule has 0 aliphatic heterocycles. The average molecular weight is 321 g/mol. The summed E-state index contributed by atoms with van der Waals surface area (Å²) in [6, 6.07) is 17.3. The first-order chi connectivity index (χ1) is 11.3. The number of carbonyl (C=O) groups is 1. The number of rotatable bonds is 3. The van der Waals surface area contributed by atoms with Crippen LogP contribution in [0.1, 0.15) is 10.4 Å². The molecule has 4 rings (SSSR count). The molecule has 0 atom stereocenters. The third kappa shape index (κ3) is 2.72. The Balaban J connectivity index is 1.57. The Kier molecular flexibility index (Phi) is 3.36. The van der Waals surface area contributed by atoms with Gasteiger partial charge in [0.15, 0.2) is 0 Å². The summed E-state index contributed by atoms with van der Waals surface area (Å²) in [7, 11) is 0. The molecule has 0 radical (unpaired) electrons. The van der Waals surface area contributed by atoms with E-state index in [4.69, 9.17) is 4.42 Å². The van der Waals surface area contributed by atoms with Gasteiger partial charge in [0.1, 0.15) is 0 Å². The van der Waals surface area contributed by atoms with E-state index >= 15 is 0 Å². The normalized spacial score (nSPS) is 10.8. The number of nitrogens with one attached hydrogen (secondary N) is 1. The summed E-state index contributed by atoms with van der Waals surface area (Å²) < 4.78 is 5.46. The molecule has 0 saturated heterocycles. The van der Waals surface area contributed by atoms with Crippen LogP contribution >= 0.6 is 11.3 Å². The maximum absolute atomic E-state index is 12.3. The molecule has 23 heavy (non-hydrogen) atoms. The number of hydrogen-bond donors (Lipinski definition) is 1. The molecule has 2 aromatic heterocycles. The number of hydrogen-bond acceptors (Lipinski definition) is 5. The zero-order valence-corrected chi connectivity index (χ0v) is 12.7. The maximum atomic E-state index is 12.3. The lowest BCUT2D eigenvalue weighted by Crippen LogP contribution is -2.12. The van der Waals surface area contributed by atoms with Crippen molar-refractivity contribution < 1.29 is 9.21 Å². The quantitative estimate of drug-likeness (QED) is 0.614. The van der Waals surface area contributed by atoms with Gasteiger partial charge in [-0.3, -0.25) is 10.1 Å². The SMILES string of the molecule is O=C(Nc1nnc(-c2cccs2)o1)c1ccc2ccccc2c1. The van der Waals surface area contributed by atoms with Gasteiger partial charge in [-0.05, 0) is 34.4 Å². The molecule has 5 nitrogen and oxygen atoms in total. The number of anilines is 1. The van der Waals surface area contributed by atoms with E-state index in [1.807, 2.05) is 53.9 Å². The maximum Gasteiger partial charge on any atom is 0.322 e. The largest absolute Gasteiger partial charge is 0.402 e. The van der Waals surface area contributed by atoms with Crippen LogP contribution < -0.4 is 5.32 Å². The van der Waals surface area contributed by atoms with E-state index in [-0.39, 0.29) is 11.9 Å². The van der Waals surface area contributed by atoms with Crippen LogP contribution in [0.4, 0.5) is 6.01 Å². The van der Waals surface area contributed by atoms with Crippen molar-refractivity contribution in [1.29, 1.82) is 0 Å². The topological polar surface area (TPSA) is 68.0 Å². The summed E-state index contributed by atoms with van der Waals surface area (Å²) in [5.74, 6) is 0.117. The van der Waals surface area contributed by atoms with E-state index in [9.17, 15) is 4.79 Å². The molecule has 0 spiro atoms. The van der Waals surface area contributed by atoms with Gasteiger partial charge in [0.05, 0.1) is 4.88 Å². The first-order valence-electron chi connectivity index (χ1n) is 6.97. The van der Waals surface area contributed by atoms with Gasteiger partial charge >= 0.3 is 6.01 Å². The van der Waals surface area contributed by atoms with Gasteiger partial charge in [0.2, 0.25) is 0 Å². The number of nitrogens with zero attached hydrogens (tertiary/aromatic N) is 2. The van der Waals surface area contributed by atoms with Crippen molar-refractivity contribution in [2.75, 3.05) is 5.32 Å². The molecule has 0 aliphatic carbocycles. The van der Waals surface area contributed by atoms with Crippen molar-refractivity contribution in [3.63, 3.8) is 0 Å². The number of amides is 1. The van der Waals surface area contributed by atoms with Crippen LogP contribution in [-0.2, 0) is 0 Å². The summed E-state index contributed by atoms with van der Waals surface area (Å²) in [4.78, 5) is 13.2. The van der Waals surface area contributed by atoms with E-state index in [2.05, 4.69) is 15.5 Å². The molecule has 2 aromatic carbocycles. The molecule has 1 amide bonds. The number of thiophene rings is 1. The summed E-state index contributed by atoms with van der Waals surface area (Å²) >= 11 is 1.50. The molecule has 112 valence electrons. The van der Waals surface area contributed by atoms with Crippen molar-refractivity contribution in [2.24, 2.45) is 0 Å². The summed E-state index contributed by atoms with van der Waals surface area (Å²) in [6.45, 7) is 0. The molecule has 0 bridgehead atoms. The van der Waals surface area contributed by atoms with Crippen LogP contribution in [0.3, 0.4) is 0 Å². The smallest absolute Gasteiger partial charge is 0.322 e. The predicted molar refractivity (Wildman–Crippen MR) is 89.5 cm³/mol. The monoisotopic (exact) mass is 321 g/mol. The molecule has 0 aliphatic rings. The van der Waals surface area contributed by atoms with Gasteiger partial charge in [-0.1, -0.05) is 41.5 Å². The lowest BCUT2D eigenvalue weighted by Gasteiger charge is -2.02. The summed E-state index contributed by atoms with van der Waals surface area (Å²) in [5.41, 5.74) is 0.541. The van der Waals surface area contributed by atoms with Gasteiger partial charge in [-0.2, -0.15) is 0 Å². The Hall–Kier alpha value is -2.99. The first-order valence-corrected chi connectivity index (χ1v) is 7.85. The molecule has 1 N–H and O–H groups in total. The fourth-order valence-corrected chi connectivity index (χ4v) is 2.92. The highest BCUT2D eigenvalue weighted by atomic mass is 32.1. The number of fused-ring (bicyclic) bond motifs is 1. The molecular formula is C17H11N3O2S. The van der Waals surface area contributed by atoms with Gasteiger partial charge in [-0.25, -0.2) is 0 Å². The Morgan fingerprint density at radius 3 is 2.70 bits per heavy atom. The molecular weight excluding hydrogens is 310 g/mol. The highest BCUT2D eigenvalue weighted by Gasteiger charge is 2.13. The third-order valence-corrected chi connectivity index (χ3v) is 4.25. The molecule has 2 heterocycles. The number of carbonyl (C=O) groups excluding carboxylic acids is 1. The Morgan fingerprint density at radius 1 is 1.00 bits per heavy atom. The van der Waals surface area contributed by atoms with E-state index in [0.717, 1.165) is 15.6 Å². The zero-order chi connectivity index (χ0) is 15.6. The summed E-state index contributed by atoms with van der Waals surface area (Å²) in [5, 5.41) is 14.4. The van der Waals surface area contributed by atoms with Crippen LogP contribution in [-0.4, -0.2) is 16.1 Å². The molecule has 0 saturated carbocycles. The lowest BCUT2D eigenvalue weighted by molar-refractivity contribution is 0.102. The van der Waals surface area contributed by atoms with Crippen LogP contribution in [0, 0.1) is 0 Å². The minimum atomic E-state index is -0.280. The second-order valence-electron chi connectivity index (χ2n) is 4.91. The lowest BCUT2D eigenvalue weighted by atomic mass is 10.1. The number of aromatic nitrogens is 2. The zero-order valence-electron chi connectivity index (χ0n) is 11.9. The second kappa shape index (κ2) is 5.66. The van der Waals surface area contributed by atoms with Crippen LogP contribution in [0.25, 0.3) is 21.5 Å². The van der Waals surface area contributed by atoms with Crippen molar-refractivity contribution in [3.8, 4) is 10.8 Å². The van der Waals surface area contributed by atoms with Crippen molar-refractivity contribution in [1.82, 2.24) is 10.2 Å². The highest BCUT2D eigenvalue weighted by Crippen LogP contribution is 2.24. The second-order valence-corrected chi connectivity index (χ2v) is 5.85. The molecule has 0 fully saturated rings. The molecule has 4 aromatic rings. The number of benzene rings is 2. The summed E-state index contributed by atoms with van der Waals surface area (Å²) in [6.07, 6.45) is 0. The molecule has 0 unspecified atom stereocenters. The predicted octanol–water partition coefficient (Wildman–Crippen LogP) is 4.20. The Morgan fingerprint density at radius 2 is 1.87 bits per heavy atom. The van der Waals surface area contributed by atoms with Gasteiger partial charge in [0.25, 0.3) is 11.8 Å². The van der Waals surface area contributed by atoms with Gasteiger partial charge in [0, 0.05) is 5.56 Å². The van der Waals surface area contributed by atoms with Crippen LogP contribution in [0.5, 0.6) is 0 Å². The minimum absolute atomic E-state index is 0.0894. The highest BCUT2D eigenvalue weighted by molar-refractivity contribution is 7.13. The van der Waals surface area contributed by atoms with Crippen LogP contribution in [0.15, 0.2) is 64.4 Å². The van der Waals surface area contributed by atoms with Crippen molar-refractivity contribution in [3.05, 3.63) is 65.5 Å². The van der Waals surface area contributed by atoms with Gasteiger partial charge in [-0.15, -0.1) is 16.4 Å².